The molecule has 2 aromatic carbocycles. The fourth-order valence-electron chi connectivity index (χ4n) is 3.42. The van der Waals surface area contributed by atoms with Gasteiger partial charge in [-0.3, -0.25) is 10.2 Å². The van der Waals surface area contributed by atoms with Gasteiger partial charge >= 0.3 is 5.97 Å². The van der Waals surface area contributed by atoms with Crippen molar-refractivity contribution < 1.29 is 31.9 Å². The number of rotatable bonds is 6. The molecule has 1 N–H and O–H groups in total. The number of hydrogen-bond donors (Lipinski definition) is 1. The van der Waals surface area contributed by atoms with Crippen molar-refractivity contribution in [1.82, 2.24) is 5.01 Å². The summed E-state index contributed by atoms with van der Waals surface area (Å²) in [7, 11) is -2.36. The summed E-state index contributed by atoms with van der Waals surface area (Å²) in [5, 5.41) is 13.5. The second-order valence-electron chi connectivity index (χ2n) is 8.34. The van der Waals surface area contributed by atoms with Crippen LogP contribution >= 0.6 is 11.8 Å². The van der Waals surface area contributed by atoms with E-state index in [1.54, 1.807) is 13.8 Å². The first-order chi connectivity index (χ1) is 17.5. The van der Waals surface area contributed by atoms with Crippen LogP contribution < -0.4 is 9.47 Å². The number of fused-ring (bicyclic) bond motifs is 1. The van der Waals surface area contributed by atoms with Crippen LogP contribution in [0.2, 0.25) is 0 Å². The van der Waals surface area contributed by atoms with Crippen LogP contribution in [-0.2, 0) is 14.6 Å². The summed E-state index contributed by atoms with van der Waals surface area (Å²) >= 11 is 0.726. The SMILES string of the molecule is COc1cc(/C=C2/C(=N)N3N=C(S(=O)(=O)CC(C)C)SC3=NC2=O)ccc1OC(=O)c1ccccc1F. The van der Waals surface area contributed by atoms with E-state index < -0.39 is 27.5 Å². The second-order valence-corrected chi connectivity index (χ2v) is 11.5. The number of halogens is 1. The van der Waals surface area contributed by atoms with E-state index in [0.29, 0.717) is 5.56 Å². The molecule has 0 unspecified atom stereocenters. The lowest BCUT2D eigenvalue weighted by Gasteiger charge is -2.20. The minimum absolute atomic E-state index is 0.0116. The van der Waals surface area contributed by atoms with Crippen molar-refractivity contribution in [3.05, 3.63) is 65.0 Å². The zero-order valence-corrected chi connectivity index (χ0v) is 21.5. The molecule has 2 aromatic rings. The first-order valence-electron chi connectivity index (χ1n) is 10.9. The zero-order valence-electron chi connectivity index (χ0n) is 19.9. The molecule has 13 heteroatoms. The minimum Gasteiger partial charge on any atom is -0.493 e. The molecule has 0 saturated carbocycles. The van der Waals surface area contributed by atoms with Crippen LogP contribution in [0.4, 0.5) is 4.39 Å². The Morgan fingerprint density at radius 2 is 1.95 bits per heavy atom. The van der Waals surface area contributed by atoms with Crippen molar-refractivity contribution in [1.29, 1.82) is 5.41 Å². The number of carbonyl (C=O) groups excluding carboxylic acids is 2. The molecule has 0 saturated heterocycles. The lowest BCUT2D eigenvalue weighted by atomic mass is 10.1. The van der Waals surface area contributed by atoms with Crippen LogP contribution in [-0.4, -0.2) is 53.5 Å². The van der Waals surface area contributed by atoms with Gasteiger partial charge in [-0.1, -0.05) is 32.0 Å². The van der Waals surface area contributed by atoms with Crippen LogP contribution in [0.3, 0.4) is 0 Å². The van der Waals surface area contributed by atoms with Crippen LogP contribution in [0.25, 0.3) is 6.08 Å². The average Bonchev–Trinajstić information content (AvgIpc) is 3.27. The van der Waals surface area contributed by atoms with E-state index in [1.807, 2.05) is 0 Å². The van der Waals surface area contributed by atoms with Gasteiger partial charge in [-0.15, -0.1) is 5.10 Å². The first-order valence-corrected chi connectivity index (χ1v) is 13.3. The summed E-state index contributed by atoms with van der Waals surface area (Å²) < 4.78 is 49.4. The number of hydrazone groups is 1. The van der Waals surface area contributed by atoms with Crippen LogP contribution in [0.15, 0.2) is 58.1 Å². The lowest BCUT2D eigenvalue weighted by Crippen LogP contribution is -2.35. The first kappa shape index (κ1) is 26.2. The molecule has 0 radical (unpaired) electrons. The molecule has 1 amide bonds. The molecule has 4 rings (SSSR count). The van der Waals surface area contributed by atoms with Gasteiger partial charge in [0.15, 0.2) is 17.3 Å². The number of carbonyl (C=O) groups is 2. The Morgan fingerprint density at radius 3 is 2.62 bits per heavy atom. The third-order valence-corrected chi connectivity index (χ3v) is 8.48. The number of nitrogens with zero attached hydrogens (tertiary/aromatic N) is 3. The van der Waals surface area contributed by atoms with Gasteiger partial charge in [0.05, 0.1) is 24.0 Å². The number of esters is 1. The largest absolute Gasteiger partial charge is 0.493 e. The number of ether oxygens (including phenoxy) is 2. The maximum Gasteiger partial charge on any atom is 0.346 e. The molecule has 2 heterocycles. The predicted octanol–water partition coefficient (Wildman–Crippen LogP) is 3.70. The van der Waals surface area contributed by atoms with E-state index >= 15 is 0 Å². The van der Waals surface area contributed by atoms with Crippen LogP contribution in [0.5, 0.6) is 11.5 Å². The van der Waals surface area contributed by atoms with Gasteiger partial charge in [0.25, 0.3) is 5.91 Å². The standard InChI is InChI=1S/C24H21FN4O6S2/c1-13(2)12-37(32,33)24-28-29-20(26)16(21(30)27-23(29)36-24)10-14-8-9-18(19(11-14)34-3)35-22(31)15-6-4-5-7-17(15)25/h4-11,13,26H,12H2,1-3H3/b16-10-,26-20?. The van der Waals surface area contributed by atoms with Gasteiger partial charge in [-0.2, -0.15) is 10.0 Å². The monoisotopic (exact) mass is 544 g/mol. The number of hydrogen-bond acceptors (Lipinski definition) is 9. The highest BCUT2D eigenvalue weighted by Gasteiger charge is 2.39. The Balaban J connectivity index is 1.60. The van der Waals surface area contributed by atoms with E-state index in [1.165, 1.54) is 49.6 Å². The summed E-state index contributed by atoms with van der Waals surface area (Å²) in [5.74, 6) is -2.85. The highest BCUT2D eigenvalue weighted by atomic mass is 32.3. The fraction of sp³-hybridized carbons (Fsp3) is 0.208. The molecular formula is C24H21FN4O6S2. The molecule has 0 aliphatic carbocycles. The summed E-state index contributed by atoms with van der Waals surface area (Å²) in [4.78, 5) is 28.9. The van der Waals surface area contributed by atoms with Gasteiger partial charge < -0.3 is 9.47 Å². The number of benzene rings is 2. The molecule has 0 bridgehead atoms. The summed E-state index contributed by atoms with van der Waals surface area (Å²) in [6, 6.07) is 9.73. The molecule has 37 heavy (non-hydrogen) atoms. The lowest BCUT2D eigenvalue weighted by molar-refractivity contribution is -0.114. The number of sulfone groups is 1. The maximum atomic E-state index is 13.9. The molecular weight excluding hydrogens is 523 g/mol. The highest BCUT2D eigenvalue weighted by Crippen LogP contribution is 2.33. The predicted molar refractivity (Wildman–Crippen MR) is 138 cm³/mol. The quantitative estimate of drug-likeness (QED) is 0.330. The Labute approximate surface area is 216 Å². The Morgan fingerprint density at radius 1 is 1.22 bits per heavy atom. The minimum atomic E-state index is -3.70. The van der Waals surface area contributed by atoms with Crippen LogP contribution in [0.1, 0.15) is 29.8 Å². The van der Waals surface area contributed by atoms with Crippen LogP contribution in [0, 0.1) is 17.1 Å². The molecule has 10 nitrogen and oxygen atoms in total. The Hall–Kier alpha value is -3.84. The van der Waals surface area contributed by atoms with E-state index in [4.69, 9.17) is 14.9 Å². The number of aliphatic imine (C=N–C) groups is 1. The Bertz CT molecular complexity index is 1510. The van der Waals surface area contributed by atoms with E-state index in [2.05, 4.69) is 10.1 Å². The van der Waals surface area contributed by atoms with Gasteiger partial charge in [0.1, 0.15) is 5.82 Å². The third-order valence-electron chi connectivity index (χ3n) is 5.05. The number of amidine groups is 2. The summed E-state index contributed by atoms with van der Waals surface area (Å²) in [6.45, 7) is 3.52. The van der Waals surface area contributed by atoms with Crippen molar-refractivity contribution in [2.24, 2.45) is 16.0 Å². The van der Waals surface area contributed by atoms with Gasteiger partial charge in [-0.25, -0.2) is 17.6 Å². The van der Waals surface area contributed by atoms with Crippen molar-refractivity contribution in [2.45, 2.75) is 13.8 Å². The van der Waals surface area contributed by atoms with Crippen molar-refractivity contribution >= 4 is 54.9 Å². The van der Waals surface area contributed by atoms with E-state index in [9.17, 15) is 22.4 Å². The van der Waals surface area contributed by atoms with Crippen molar-refractivity contribution in [2.75, 3.05) is 12.9 Å². The van der Waals surface area contributed by atoms with E-state index in [-0.39, 0.29) is 49.7 Å². The Kier molecular flexibility index (Phi) is 7.28. The second kappa shape index (κ2) is 10.3. The van der Waals surface area contributed by atoms with Gasteiger partial charge in [-0.05, 0) is 53.6 Å². The number of thioether (sulfide) groups is 1. The number of methoxy groups -OCH3 is 1. The molecule has 0 fully saturated rings. The summed E-state index contributed by atoms with van der Waals surface area (Å²) in [6.07, 6.45) is 1.36. The molecule has 0 atom stereocenters. The highest BCUT2D eigenvalue weighted by molar-refractivity contribution is 8.42. The maximum absolute atomic E-state index is 13.9. The van der Waals surface area contributed by atoms with Crippen molar-refractivity contribution in [3.8, 4) is 11.5 Å². The normalized spacial score (nSPS) is 16.6. The number of amides is 1. The topological polar surface area (TPSA) is 139 Å². The molecule has 2 aliphatic rings. The molecule has 0 aromatic heterocycles. The smallest absolute Gasteiger partial charge is 0.346 e. The van der Waals surface area contributed by atoms with E-state index in [0.717, 1.165) is 22.8 Å². The average molecular weight is 545 g/mol. The van der Waals surface area contributed by atoms with Gasteiger partial charge in [0, 0.05) is 0 Å². The summed E-state index contributed by atoms with van der Waals surface area (Å²) in [5.41, 5.74) is 0.0241. The third kappa shape index (κ3) is 5.47. The molecule has 2 aliphatic heterocycles. The molecule has 192 valence electrons. The molecule has 0 spiro atoms. The number of nitrogens with one attached hydrogen (secondary N) is 1. The van der Waals surface area contributed by atoms with Crippen molar-refractivity contribution in [3.63, 3.8) is 0 Å². The zero-order chi connectivity index (χ0) is 26.9. The fourth-order valence-corrected chi connectivity index (χ4v) is 6.20. The van der Waals surface area contributed by atoms with Gasteiger partial charge in [0.2, 0.25) is 19.4 Å².